The van der Waals surface area contributed by atoms with Crippen LogP contribution < -0.4 is 38.9 Å². The lowest BCUT2D eigenvalue weighted by atomic mass is 10.0. The van der Waals surface area contributed by atoms with Gasteiger partial charge in [0, 0.05) is 24.4 Å². The molecule has 4 atom stereocenters. The van der Waals surface area contributed by atoms with Crippen LogP contribution in [0.15, 0.2) is 53.5 Å². The molecule has 15 heteroatoms. The Kier molecular flexibility index (Phi) is 13.5. The van der Waals surface area contributed by atoms with E-state index in [1.165, 1.54) is 12.1 Å². The third-order valence-electron chi connectivity index (χ3n) is 6.14. The Bertz CT molecular complexity index is 1240. The molecule has 0 radical (unpaired) electrons. The molecule has 13 N–H and O–H groups in total. The number of phenolic OH excluding ortho intramolecular Hbond substituents is 1. The summed E-state index contributed by atoms with van der Waals surface area (Å²) < 4.78 is 0. The second kappa shape index (κ2) is 16.8. The molecule has 2 rings (SSSR count). The lowest BCUT2D eigenvalue weighted by Crippen LogP contribution is -2.59. The molecular weight excluding hydrogens is 568 g/mol. The zero-order chi connectivity index (χ0) is 31.2. The number of aromatic hydroxyl groups is 1. The molecule has 0 spiro atoms. The molecule has 0 saturated heterocycles. The fourth-order valence-corrected chi connectivity index (χ4v) is 3.95. The molecule has 0 aliphatic heterocycles. The molecular formula is C27H37ClN8O6. The van der Waals surface area contributed by atoms with E-state index in [1.54, 1.807) is 36.4 Å². The number of benzene rings is 2. The van der Waals surface area contributed by atoms with Gasteiger partial charge in [-0.1, -0.05) is 35.9 Å². The summed E-state index contributed by atoms with van der Waals surface area (Å²) in [7, 11) is 0. The quantitative estimate of drug-likeness (QED) is 0.0590. The Morgan fingerprint density at radius 3 is 1.74 bits per heavy atom. The smallest absolute Gasteiger partial charge is 0.243 e. The number of rotatable bonds is 16. The van der Waals surface area contributed by atoms with E-state index in [4.69, 9.17) is 34.5 Å². The van der Waals surface area contributed by atoms with Crippen molar-refractivity contribution in [3.63, 3.8) is 0 Å². The first-order valence-electron chi connectivity index (χ1n) is 13.0. The van der Waals surface area contributed by atoms with E-state index in [0.717, 1.165) is 0 Å². The molecule has 2 aromatic carbocycles. The van der Waals surface area contributed by atoms with Crippen molar-refractivity contribution in [2.24, 2.45) is 27.9 Å². The normalized spacial score (nSPS) is 13.6. The molecule has 0 heterocycles. The average Bonchev–Trinajstić information content (AvgIpc) is 2.94. The van der Waals surface area contributed by atoms with Crippen molar-refractivity contribution >= 4 is 41.2 Å². The molecule has 2 aromatic rings. The van der Waals surface area contributed by atoms with Gasteiger partial charge in [-0.3, -0.25) is 24.2 Å². The van der Waals surface area contributed by atoms with Crippen LogP contribution >= 0.6 is 11.6 Å². The third-order valence-corrected chi connectivity index (χ3v) is 6.39. The van der Waals surface area contributed by atoms with E-state index in [-0.39, 0.29) is 37.5 Å². The van der Waals surface area contributed by atoms with E-state index in [1.807, 2.05) is 0 Å². The molecule has 228 valence electrons. The molecule has 0 aliphatic rings. The Balaban J connectivity index is 2.27. The molecule has 0 aliphatic carbocycles. The molecule has 0 aromatic heterocycles. The highest BCUT2D eigenvalue weighted by Crippen LogP contribution is 2.14. The number of nitrogens with two attached hydrogens (primary N) is 4. The number of aliphatic hydroxyl groups is 1. The summed E-state index contributed by atoms with van der Waals surface area (Å²) in [4.78, 5) is 55.1. The number of carbonyl (C=O) groups is 4. The number of primary amides is 1. The monoisotopic (exact) mass is 604 g/mol. The molecule has 0 unspecified atom stereocenters. The molecule has 0 bridgehead atoms. The van der Waals surface area contributed by atoms with E-state index in [0.29, 0.717) is 22.6 Å². The predicted octanol–water partition coefficient (Wildman–Crippen LogP) is -1.86. The summed E-state index contributed by atoms with van der Waals surface area (Å²) in [6.07, 6.45) is 0.619. The number of carbonyl (C=O) groups excluding carboxylic acids is 4. The Hall–Kier alpha value is -4.40. The van der Waals surface area contributed by atoms with Gasteiger partial charge in [0.1, 0.15) is 23.9 Å². The minimum absolute atomic E-state index is 0.00555. The van der Waals surface area contributed by atoms with Crippen LogP contribution in [0.25, 0.3) is 0 Å². The summed E-state index contributed by atoms with van der Waals surface area (Å²) in [5, 5.41) is 27.1. The number of nitrogens with zero attached hydrogens (tertiary/aromatic N) is 1. The zero-order valence-electron chi connectivity index (χ0n) is 22.8. The topological polar surface area (TPSA) is 261 Å². The van der Waals surface area contributed by atoms with Gasteiger partial charge in [0.05, 0.1) is 12.6 Å². The maximum Gasteiger partial charge on any atom is 0.243 e. The summed E-state index contributed by atoms with van der Waals surface area (Å²) in [6, 6.07) is 7.75. The van der Waals surface area contributed by atoms with E-state index in [9.17, 15) is 29.4 Å². The van der Waals surface area contributed by atoms with Gasteiger partial charge in [-0.15, -0.1) is 0 Å². The number of nitrogens with one attached hydrogen (secondary N) is 3. The van der Waals surface area contributed by atoms with Crippen LogP contribution in [0.2, 0.25) is 5.02 Å². The van der Waals surface area contributed by atoms with Gasteiger partial charge >= 0.3 is 0 Å². The summed E-state index contributed by atoms with van der Waals surface area (Å²) in [6.45, 7) is -0.481. The first-order valence-corrected chi connectivity index (χ1v) is 13.4. The number of hydrogen-bond donors (Lipinski definition) is 9. The standard InChI is InChI=1S/C27H37ClN8O6/c28-17-7-3-15(4-8-17)12-21(26(42)36-22(14-37)23(30)39)35-25(41)20(13-16-5-9-18(38)10-6-16)34-24(40)19(29)2-1-11-33-27(31)32/h3-10,19-22,37-38H,1-2,11-14,29H2,(H2,30,39)(H,34,40)(H,35,41)(H,36,42)(H4,31,32,33)/t19-,20-,21-,22-/m0/s1. The zero-order valence-corrected chi connectivity index (χ0v) is 23.6. The van der Waals surface area contributed by atoms with E-state index in [2.05, 4.69) is 20.9 Å². The van der Waals surface area contributed by atoms with Crippen LogP contribution in [-0.2, 0) is 32.0 Å². The highest BCUT2D eigenvalue weighted by atomic mass is 35.5. The van der Waals surface area contributed by atoms with Crippen molar-refractivity contribution < 1.29 is 29.4 Å². The highest BCUT2D eigenvalue weighted by Gasteiger charge is 2.30. The van der Waals surface area contributed by atoms with Crippen molar-refractivity contribution in [2.75, 3.05) is 13.2 Å². The van der Waals surface area contributed by atoms with Crippen LogP contribution in [0.5, 0.6) is 5.75 Å². The second-order valence-electron chi connectivity index (χ2n) is 9.52. The Morgan fingerprint density at radius 1 is 0.786 bits per heavy atom. The molecule has 0 fully saturated rings. The highest BCUT2D eigenvalue weighted by molar-refractivity contribution is 6.30. The van der Waals surface area contributed by atoms with Gasteiger partial charge in [0.25, 0.3) is 0 Å². The van der Waals surface area contributed by atoms with Gasteiger partial charge in [-0.25, -0.2) is 0 Å². The predicted molar refractivity (Wildman–Crippen MR) is 157 cm³/mol. The number of phenols is 1. The minimum atomic E-state index is -1.38. The summed E-state index contributed by atoms with van der Waals surface area (Å²) >= 11 is 5.96. The Morgan fingerprint density at radius 2 is 1.26 bits per heavy atom. The first-order chi connectivity index (χ1) is 19.9. The van der Waals surface area contributed by atoms with Gasteiger partial charge < -0.3 is 49.1 Å². The number of hydrogen-bond acceptors (Lipinski definition) is 8. The summed E-state index contributed by atoms with van der Waals surface area (Å²) in [5.74, 6) is -3.17. The SMILES string of the molecule is NC(=O)[C@H](CO)NC(=O)[C@H](Cc1ccc(Cl)cc1)NC(=O)[C@H](Cc1ccc(O)cc1)NC(=O)[C@@H](N)CCCN=C(N)N. The average molecular weight is 605 g/mol. The van der Waals surface area contributed by atoms with Crippen LogP contribution in [0.4, 0.5) is 0 Å². The van der Waals surface area contributed by atoms with Crippen LogP contribution in [0, 0.1) is 0 Å². The maximum atomic E-state index is 13.6. The number of aliphatic imine (C=N–C) groups is 1. The van der Waals surface area contributed by atoms with Crippen LogP contribution in [-0.4, -0.2) is 77.1 Å². The van der Waals surface area contributed by atoms with Crippen LogP contribution in [0.1, 0.15) is 24.0 Å². The second-order valence-corrected chi connectivity index (χ2v) is 9.96. The van der Waals surface area contributed by atoms with Crippen molar-refractivity contribution in [1.29, 1.82) is 0 Å². The maximum absolute atomic E-state index is 13.6. The fraction of sp³-hybridized carbons (Fsp3) is 0.370. The van der Waals surface area contributed by atoms with Gasteiger partial charge in [-0.05, 0) is 48.2 Å². The van der Waals surface area contributed by atoms with Gasteiger partial charge in [0.2, 0.25) is 23.6 Å². The largest absolute Gasteiger partial charge is 0.508 e. The van der Waals surface area contributed by atoms with Crippen molar-refractivity contribution in [3.8, 4) is 5.75 Å². The number of aliphatic hydroxyl groups excluding tert-OH is 1. The lowest BCUT2D eigenvalue weighted by Gasteiger charge is -2.25. The number of guanidine groups is 1. The van der Waals surface area contributed by atoms with Gasteiger partial charge in [-0.2, -0.15) is 0 Å². The first kappa shape index (κ1) is 33.8. The van der Waals surface area contributed by atoms with E-state index >= 15 is 0 Å². The molecule has 0 saturated carbocycles. The lowest BCUT2D eigenvalue weighted by molar-refractivity contribution is -0.133. The Labute approximate surface area is 247 Å². The van der Waals surface area contributed by atoms with E-state index < -0.39 is 54.4 Å². The fourth-order valence-electron chi connectivity index (χ4n) is 3.82. The third kappa shape index (κ3) is 11.6. The van der Waals surface area contributed by atoms with Crippen molar-refractivity contribution in [2.45, 2.75) is 49.9 Å². The van der Waals surface area contributed by atoms with Crippen LogP contribution in [0.3, 0.4) is 0 Å². The number of amides is 4. The van der Waals surface area contributed by atoms with Crippen molar-refractivity contribution in [1.82, 2.24) is 16.0 Å². The molecule has 4 amide bonds. The number of halogens is 1. The molecule has 42 heavy (non-hydrogen) atoms. The van der Waals surface area contributed by atoms with Crippen molar-refractivity contribution in [3.05, 3.63) is 64.7 Å². The minimum Gasteiger partial charge on any atom is -0.508 e. The molecule has 14 nitrogen and oxygen atoms in total. The summed E-state index contributed by atoms with van der Waals surface area (Å²) in [5.41, 5.74) is 23.1. The van der Waals surface area contributed by atoms with Gasteiger partial charge in [0.15, 0.2) is 5.96 Å².